The minimum atomic E-state index is -0.869. The van der Waals surface area contributed by atoms with Crippen molar-refractivity contribution in [3.8, 4) is 0 Å². The van der Waals surface area contributed by atoms with Gasteiger partial charge in [0, 0.05) is 6.04 Å². The summed E-state index contributed by atoms with van der Waals surface area (Å²) in [5.41, 5.74) is 1.64. The molecule has 0 amide bonds. The highest BCUT2D eigenvalue weighted by Crippen LogP contribution is 2.11. The van der Waals surface area contributed by atoms with Crippen molar-refractivity contribution in [2.24, 2.45) is 0 Å². The lowest BCUT2D eigenvalue weighted by atomic mass is 10.0. The Morgan fingerprint density at radius 2 is 1.78 bits per heavy atom. The Morgan fingerprint density at radius 3 is 2.43 bits per heavy atom. The van der Waals surface area contributed by atoms with Gasteiger partial charge in [0.25, 0.3) is 0 Å². The van der Waals surface area contributed by atoms with E-state index in [0.29, 0.717) is 24.8 Å². The van der Waals surface area contributed by atoms with Crippen molar-refractivity contribution in [2.75, 3.05) is 0 Å². The number of hydrogen-bond donors (Lipinski definition) is 2. The molecular formula is C19H22FNO2. The summed E-state index contributed by atoms with van der Waals surface area (Å²) in [4.78, 5) is 11.4. The summed E-state index contributed by atoms with van der Waals surface area (Å²) in [7, 11) is 0. The molecular weight excluding hydrogens is 293 g/mol. The van der Waals surface area contributed by atoms with Crippen molar-refractivity contribution in [1.29, 1.82) is 0 Å². The molecule has 0 aromatic heterocycles. The molecule has 0 fully saturated rings. The second-order valence-corrected chi connectivity index (χ2v) is 5.78. The summed E-state index contributed by atoms with van der Waals surface area (Å²) >= 11 is 0. The van der Waals surface area contributed by atoms with Crippen molar-refractivity contribution >= 4 is 5.97 Å². The number of carboxylic acid groups (broad SMARTS) is 1. The van der Waals surface area contributed by atoms with Crippen LogP contribution < -0.4 is 5.32 Å². The summed E-state index contributed by atoms with van der Waals surface area (Å²) in [6.45, 7) is 1.93. The smallest absolute Gasteiger partial charge is 0.321 e. The van der Waals surface area contributed by atoms with Gasteiger partial charge in [-0.3, -0.25) is 4.79 Å². The van der Waals surface area contributed by atoms with E-state index < -0.39 is 12.0 Å². The average Bonchev–Trinajstić information content (AvgIpc) is 2.54. The summed E-state index contributed by atoms with van der Waals surface area (Å²) in [5.74, 6) is -1.08. The predicted molar refractivity (Wildman–Crippen MR) is 88.9 cm³/mol. The molecule has 0 spiro atoms. The highest BCUT2D eigenvalue weighted by atomic mass is 19.1. The third kappa shape index (κ3) is 5.49. The first-order valence-electron chi connectivity index (χ1n) is 7.82. The largest absolute Gasteiger partial charge is 0.480 e. The zero-order chi connectivity index (χ0) is 16.7. The van der Waals surface area contributed by atoms with E-state index in [2.05, 4.69) is 5.32 Å². The number of halogens is 1. The van der Waals surface area contributed by atoms with E-state index in [9.17, 15) is 14.3 Å². The van der Waals surface area contributed by atoms with Gasteiger partial charge in [-0.05, 0) is 43.4 Å². The first kappa shape index (κ1) is 17.2. The van der Waals surface area contributed by atoms with Gasteiger partial charge in [0.15, 0.2) is 0 Å². The number of rotatable bonds is 8. The fourth-order valence-corrected chi connectivity index (χ4v) is 2.57. The molecule has 0 aliphatic carbocycles. The van der Waals surface area contributed by atoms with Crippen molar-refractivity contribution in [2.45, 2.75) is 38.3 Å². The lowest BCUT2D eigenvalue weighted by molar-refractivity contribution is -0.139. The Bertz CT molecular complexity index is 630. The van der Waals surface area contributed by atoms with E-state index in [1.54, 1.807) is 12.1 Å². The van der Waals surface area contributed by atoms with Gasteiger partial charge < -0.3 is 10.4 Å². The van der Waals surface area contributed by atoms with Gasteiger partial charge >= 0.3 is 5.97 Å². The predicted octanol–water partition coefficient (Wildman–Crippen LogP) is 3.43. The highest BCUT2D eigenvalue weighted by Gasteiger charge is 2.20. The van der Waals surface area contributed by atoms with Crippen LogP contribution in [0.3, 0.4) is 0 Å². The third-order valence-electron chi connectivity index (χ3n) is 3.87. The Labute approximate surface area is 136 Å². The summed E-state index contributed by atoms with van der Waals surface area (Å²) in [6, 6.07) is 15.6. The summed E-state index contributed by atoms with van der Waals surface area (Å²) in [6.07, 6.45) is 1.69. The van der Waals surface area contributed by atoms with Crippen LogP contribution in [0.15, 0.2) is 54.6 Å². The molecule has 0 heterocycles. The van der Waals surface area contributed by atoms with Crippen LogP contribution in [0.25, 0.3) is 0 Å². The van der Waals surface area contributed by atoms with E-state index in [0.717, 1.165) is 5.56 Å². The van der Waals surface area contributed by atoms with Crippen LogP contribution in [-0.2, 0) is 17.6 Å². The Balaban J connectivity index is 1.89. The topological polar surface area (TPSA) is 49.3 Å². The zero-order valence-electron chi connectivity index (χ0n) is 13.2. The number of carbonyl (C=O) groups is 1. The molecule has 2 atom stereocenters. The number of aliphatic carboxylic acids is 1. The lowest BCUT2D eigenvalue weighted by Gasteiger charge is -2.20. The molecule has 1 unspecified atom stereocenters. The van der Waals surface area contributed by atoms with E-state index in [1.165, 1.54) is 6.07 Å². The molecule has 4 heteroatoms. The average molecular weight is 315 g/mol. The van der Waals surface area contributed by atoms with Gasteiger partial charge in [-0.15, -0.1) is 0 Å². The second kappa shape index (κ2) is 8.44. The van der Waals surface area contributed by atoms with E-state index in [4.69, 9.17) is 0 Å². The van der Waals surface area contributed by atoms with Gasteiger partial charge in [0.1, 0.15) is 11.9 Å². The molecule has 2 aromatic rings. The fourth-order valence-electron chi connectivity index (χ4n) is 2.57. The standard InChI is InChI=1S/C19H22FNO2/c1-14(11-12-16-9-5-6-10-17(16)20)21-18(19(22)23)13-15-7-3-2-4-8-15/h2-10,14,18,21H,11-13H2,1H3,(H,22,23)/t14?,18-/m0/s1. The monoisotopic (exact) mass is 315 g/mol. The van der Waals surface area contributed by atoms with Crippen LogP contribution >= 0.6 is 0 Å². The normalized spacial score (nSPS) is 13.5. The maximum atomic E-state index is 13.6. The SMILES string of the molecule is CC(CCc1ccccc1F)N[C@@H](Cc1ccccc1)C(=O)O. The molecule has 0 aliphatic rings. The molecule has 0 aliphatic heterocycles. The van der Waals surface area contributed by atoms with Crippen LogP contribution in [0.1, 0.15) is 24.5 Å². The molecule has 0 radical (unpaired) electrons. The lowest BCUT2D eigenvalue weighted by Crippen LogP contribution is -2.43. The number of carboxylic acids is 1. The van der Waals surface area contributed by atoms with Crippen molar-refractivity contribution in [1.82, 2.24) is 5.32 Å². The first-order valence-corrected chi connectivity index (χ1v) is 7.82. The Kier molecular flexibility index (Phi) is 6.29. The molecule has 2 N–H and O–H groups in total. The van der Waals surface area contributed by atoms with Gasteiger partial charge in [0.05, 0.1) is 0 Å². The maximum Gasteiger partial charge on any atom is 0.321 e. The van der Waals surface area contributed by atoms with Crippen LogP contribution in [0.4, 0.5) is 4.39 Å². The molecule has 23 heavy (non-hydrogen) atoms. The molecule has 0 bridgehead atoms. The van der Waals surface area contributed by atoms with Crippen molar-refractivity contribution < 1.29 is 14.3 Å². The van der Waals surface area contributed by atoms with E-state index >= 15 is 0 Å². The number of nitrogens with one attached hydrogen (secondary N) is 1. The number of aryl methyl sites for hydroxylation is 1. The Morgan fingerprint density at radius 1 is 1.13 bits per heavy atom. The minimum absolute atomic E-state index is 0.0144. The quantitative estimate of drug-likeness (QED) is 0.784. The van der Waals surface area contributed by atoms with E-state index in [-0.39, 0.29) is 11.9 Å². The van der Waals surface area contributed by atoms with Crippen LogP contribution in [0.2, 0.25) is 0 Å². The van der Waals surface area contributed by atoms with Crippen molar-refractivity contribution in [3.63, 3.8) is 0 Å². The molecule has 3 nitrogen and oxygen atoms in total. The summed E-state index contributed by atoms with van der Waals surface area (Å²) < 4.78 is 13.6. The molecule has 2 rings (SSSR count). The molecule has 0 saturated heterocycles. The van der Waals surface area contributed by atoms with Gasteiger partial charge in [-0.2, -0.15) is 0 Å². The summed E-state index contributed by atoms with van der Waals surface area (Å²) in [5, 5.41) is 12.5. The van der Waals surface area contributed by atoms with Crippen LogP contribution in [0, 0.1) is 5.82 Å². The van der Waals surface area contributed by atoms with Crippen molar-refractivity contribution in [3.05, 3.63) is 71.5 Å². The molecule has 0 saturated carbocycles. The Hall–Kier alpha value is -2.20. The zero-order valence-corrected chi connectivity index (χ0v) is 13.2. The number of benzene rings is 2. The molecule has 122 valence electrons. The van der Waals surface area contributed by atoms with E-state index in [1.807, 2.05) is 43.3 Å². The maximum absolute atomic E-state index is 13.6. The molecule has 2 aromatic carbocycles. The van der Waals surface area contributed by atoms with Gasteiger partial charge in [-0.1, -0.05) is 48.5 Å². The van der Waals surface area contributed by atoms with Crippen LogP contribution in [0.5, 0.6) is 0 Å². The minimum Gasteiger partial charge on any atom is -0.480 e. The second-order valence-electron chi connectivity index (χ2n) is 5.78. The van der Waals surface area contributed by atoms with Gasteiger partial charge in [0.2, 0.25) is 0 Å². The number of hydrogen-bond acceptors (Lipinski definition) is 2. The van der Waals surface area contributed by atoms with Gasteiger partial charge in [-0.25, -0.2) is 4.39 Å². The fraction of sp³-hybridized carbons (Fsp3) is 0.316. The van der Waals surface area contributed by atoms with Crippen LogP contribution in [-0.4, -0.2) is 23.2 Å². The first-order chi connectivity index (χ1) is 11.1. The highest BCUT2D eigenvalue weighted by molar-refractivity contribution is 5.74. The third-order valence-corrected chi connectivity index (χ3v) is 3.87.